The molecule has 2 fully saturated rings. The Morgan fingerprint density at radius 1 is 1.00 bits per heavy atom. The van der Waals surface area contributed by atoms with Crippen LogP contribution >= 0.6 is 0 Å². The van der Waals surface area contributed by atoms with Crippen molar-refractivity contribution in [3.8, 4) is 0 Å². The van der Waals surface area contributed by atoms with E-state index in [1.807, 2.05) is 75.7 Å². The number of carbonyl (C=O) groups excluding carboxylic acids is 2. The lowest BCUT2D eigenvalue weighted by atomic mass is 9.98. The summed E-state index contributed by atoms with van der Waals surface area (Å²) in [5.41, 5.74) is 3.43. The van der Waals surface area contributed by atoms with Crippen molar-refractivity contribution in [2.75, 3.05) is 53.4 Å². The zero-order valence-electron chi connectivity index (χ0n) is 29.6. The summed E-state index contributed by atoms with van der Waals surface area (Å²) < 4.78 is 7.33. The van der Waals surface area contributed by atoms with Gasteiger partial charge in [0.25, 0.3) is 0 Å². The van der Waals surface area contributed by atoms with Crippen LogP contribution in [0.5, 0.6) is 0 Å². The van der Waals surface area contributed by atoms with E-state index >= 15 is 0 Å². The molecule has 46 heavy (non-hydrogen) atoms. The Labute approximate surface area is 279 Å². The van der Waals surface area contributed by atoms with E-state index in [4.69, 9.17) is 4.74 Å². The minimum Gasteiger partial charge on any atom is -0.381 e. The number of hydrogen-bond acceptors (Lipinski definition) is 6. The monoisotopic (exact) mass is 638 g/mol. The molecule has 0 N–H and O–H groups in total. The van der Waals surface area contributed by atoms with Crippen molar-refractivity contribution in [1.82, 2.24) is 24.3 Å². The minimum absolute atomic E-state index is 0.587. The lowest BCUT2D eigenvalue weighted by molar-refractivity contribution is -0.120. The van der Waals surface area contributed by atoms with Crippen molar-refractivity contribution in [3.63, 3.8) is 0 Å². The fourth-order valence-electron chi connectivity index (χ4n) is 5.03. The normalized spacial score (nSPS) is 15.3. The number of allylic oxidation sites excluding steroid dienone is 2. The van der Waals surface area contributed by atoms with Crippen LogP contribution in [0.2, 0.25) is 0 Å². The number of hydrogen-bond donors (Lipinski definition) is 0. The highest BCUT2D eigenvalue weighted by atomic mass is 16.5. The number of aromatic nitrogens is 2. The Morgan fingerprint density at radius 2 is 1.70 bits per heavy atom. The topological polar surface area (TPSA) is 83.3 Å². The first-order valence-electron chi connectivity index (χ1n) is 17.1. The smallest absolute Gasteiger partial charge is 0.210 e. The number of unbranched alkanes of at least 4 members (excludes halogenated alkanes) is 1. The number of amides is 2. The average Bonchev–Trinajstić information content (AvgIpc) is 3.42. The summed E-state index contributed by atoms with van der Waals surface area (Å²) in [6.45, 7) is 15.2. The summed E-state index contributed by atoms with van der Waals surface area (Å²) in [6.07, 6.45) is 20.4. The lowest BCUT2D eigenvalue weighted by Crippen LogP contribution is -2.43. The molecule has 2 heterocycles. The Balaban J connectivity index is 0.000000340. The second kappa shape index (κ2) is 26.9. The van der Waals surface area contributed by atoms with E-state index < -0.39 is 0 Å². The zero-order chi connectivity index (χ0) is 33.8. The summed E-state index contributed by atoms with van der Waals surface area (Å²) in [5.74, 6) is 0. The summed E-state index contributed by atoms with van der Waals surface area (Å²) in [7, 11) is 3.89. The number of methoxy groups -OCH3 is 1. The SMILES string of the molecule is CC=NCCC/C=C\C.CN1CCN(C=O)CC1.COC1CCCCC1.Cc1ncn(CCCN(C=O)Cc2ccccc2)c1C. The van der Waals surface area contributed by atoms with Crippen molar-refractivity contribution in [3.05, 3.63) is 65.8 Å². The predicted molar refractivity (Wildman–Crippen MR) is 191 cm³/mol. The van der Waals surface area contributed by atoms with Gasteiger partial charge in [0.05, 0.1) is 18.1 Å². The molecule has 0 spiro atoms. The van der Waals surface area contributed by atoms with Crippen LogP contribution in [-0.2, 0) is 27.4 Å². The van der Waals surface area contributed by atoms with Crippen molar-refractivity contribution in [2.45, 2.75) is 98.3 Å². The Hall–Kier alpha value is -3.30. The summed E-state index contributed by atoms with van der Waals surface area (Å²) in [6, 6.07) is 10.1. The molecule has 1 aromatic heterocycles. The van der Waals surface area contributed by atoms with Crippen LogP contribution in [0.15, 0.2) is 53.8 Å². The van der Waals surface area contributed by atoms with Gasteiger partial charge in [-0.3, -0.25) is 14.6 Å². The molecular weight excluding hydrogens is 576 g/mol. The molecular formula is C37H62N6O3. The molecule has 2 aromatic rings. The van der Waals surface area contributed by atoms with Crippen LogP contribution in [0.1, 0.15) is 82.2 Å². The van der Waals surface area contributed by atoms with E-state index in [0.29, 0.717) is 12.6 Å². The number of likely N-dealkylation sites (N-methyl/N-ethyl adjacent to an activating group) is 1. The molecule has 2 amide bonds. The van der Waals surface area contributed by atoms with Gasteiger partial charge in [0, 0.05) is 65.2 Å². The number of aliphatic imine (C=N–C) groups is 1. The maximum atomic E-state index is 11.1. The number of nitrogens with zero attached hydrogens (tertiary/aromatic N) is 6. The fraction of sp³-hybridized carbons (Fsp3) is 0.622. The van der Waals surface area contributed by atoms with Gasteiger partial charge in [-0.05, 0) is 78.6 Å². The van der Waals surface area contributed by atoms with Crippen LogP contribution in [0.3, 0.4) is 0 Å². The molecule has 1 saturated heterocycles. The van der Waals surface area contributed by atoms with Gasteiger partial charge >= 0.3 is 0 Å². The maximum Gasteiger partial charge on any atom is 0.210 e. The molecule has 2 aliphatic rings. The molecule has 1 saturated carbocycles. The highest BCUT2D eigenvalue weighted by Gasteiger charge is 2.11. The minimum atomic E-state index is 0.587. The van der Waals surface area contributed by atoms with E-state index in [9.17, 15) is 9.59 Å². The van der Waals surface area contributed by atoms with Gasteiger partial charge in [-0.25, -0.2) is 4.98 Å². The molecule has 258 valence electrons. The van der Waals surface area contributed by atoms with E-state index in [0.717, 1.165) is 82.7 Å². The lowest BCUT2D eigenvalue weighted by Gasteiger charge is -2.29. The highest BCUT2D eigenvalue weighted by molar-refractivity contribution is 5.53. The van der Waals surface area contributed by atoms with Crippen molar-refractivity contribution >= 4 is 19.0 Å². The molecule has 9 heteroatoms. The van der Waals surface area contributed by atoms with Gasteiger partial charge in [-0.2, -0.15) is 0 Å². The van der Waals surface area contributed by atoms with Crippen LogP contribution < -0.4 is 0 Å². The largest absolute Gasteiger partial charge is 0.381 e. The molecule has 1 aromatic carbocycles. The second-order valence-corrected chi connectivity index (χ2v) is 11.8. The third kappa shape index (κ3) is 19.3. The van der Waals surface area contributed by atoms with Gasteiger partial charge in [0.2, 0.25) is 12.8 Å². The fourth-order valence-corrected chi connectivity index (χ4v) is 5.03. The number of ether oxygens (including phenoxy) is 1. The standard InChI is InChI=1S/C16H21N3O.C8H15N.C7H14O.C6H12N2O/c1-14-15(2)19(12-17-14)10-6-9-18(13-20)11-16-7-4-3-5-8-16;1-3-5-6-7-8-9-4-2;1-8-7-5-3-2-4-6-7;1-7-2-4-8(6-9)5-3-7/h3-5,7-8,12-13H,6,9-11H2,1-2H3;3-5H,6-8H2,1-2H3;7H,2-6H2,1H3;6H,2-5H2,1H3/b;5-3-,9-4?;;. The number of benzene rings is 1. The molecule has 0 bridgehead atoms. The van der Waals surface area contributed by atoms with Gasteiger partial charge < -0.3 is 24.0 Å². The van der Waals surface area contributed by atoms with Crippen LogP contribution in [-0.4, -0.2) is 103 Å². The van der Waals surface area contributed by atoms with Gasteiger partial charge in [-0.1, -0.05) is 61.7 Å². The van der Waals surface area contributed by atoms with Crippen molar-refractivity contribution in [1.29, 1.82) is 0 Å². The second-order valence-electron chi connectivity index (χ2n) is 11.8. The van der Waals surface area contributed by atoms with E-state index in [2.05, 4.69) is 45.6 Å². The van der Waals surface area contributed by atoms with Crippen LogP contribution in [0.4, 0.5) is 0 Å². The van der Waals surface area contributed by atoms with E-state index in [1.54, 1.807) is 4.90 Å². The highest BCUT2D eigenvalue weighted by Crippen LogP contribution is 2.19. The Morgan fingerprint density at radius 3 is 2.22 bits per heavy atom. The molecule has 0 unspecified atom stereocenters. The third-order valence-electron chi connectivity index (χ3n) is 8.22. The molecule has 0 atom stereocenters. The van der Waals surface area contributed by atoms with Crippen molar-refractivity contribution in [2.24, 2.45) is 4.99 Å². The molecule has 4 rings (SSSR count). The number of rotatable bonds is 13. The van der Waals surface area contributed by atoms with E-state index in [-0.39, 0.29) is 0 Å². The molecule has 1 aliphatic carbocycles. The number of imidazole rings is 1. The predicted octanol–water partition coefficient (Wildman–Crippen LogP) is 6.34. The quantitative estimate of drug-likeness (QED) is 0.111. The number of carbonyl (C=O) groups is 2. The first-order valence-corrected chi connectivity index (χ1v) is 17.1. The first-order chi connectivity index (χ1) is 22.4. The zero-order valence-corrected chi connectivity index (χ0v) is 29.6. The van der Waals surface area contributed by atoms with Crippen LogP contribution in [0, 0.1) is 13.8 Å². The van der Waals surface area contributed by atoms with Gasteiger partial charge in [0.1, 0.15) is 0 Å². The Bertz CT molecular complexity index is 1060. The molecule has 9 nitrogen and oxygen atoms in total. The summed E-state index contributed by atoms with van der Waals surface area (Å²) in [4.78, 5) is 35.5. The number of aryl methyl sites for hydroxylation is 2. The van der Waals surface area contributed by atoms with E-state index in [1.165, 1.54) is 44.2 Å². The first kappa shape index (κ1) is 40.7. The van der Waals surface area contributed by atoms with Gasteiger partial charge in [-0.15, -0.1) is 0 Å². The van der Waals surface area contributed by atoms with Gasteiger partial charge in [0.15, 0.2) is 0 Å². The molecule has 0 radical (unpaired) electrons. The summed E-state index contributed by atoms with van der Waals surface area (Å²) >= 11 is 0. The van der Waals surface area contributed by atoms with Crippen molar-refractivity contribution < 1.29 is 14.3 Å². The summed E-state index contributed by atoms with van der Waals surface area (Å²) in [5, 5.41) is 0. The Kier molecular flexibility index (Phi) is 23.8. The average molecular weight is 639 g/mol. The third-order valence-corrected chi connectivity index (χ3v) is 8.22. The molecule has 1 aliphatic heterocycles. The number of piperazine rings is 1. The maximum absolute atomic E-state index is 11.1. The van der Waals surface area contributed by atoms with Crippen LogP contribution in [0.25, 0.3) is 0 Å².